The lowest BCUT2D eigenvalue weighted by molar-refractivity contribution is -0.388. The minimum Gasteiger partial charge on any atom is -0.382 e. The van der Waals surface area contributed by atoms with Crippen molar-refractivity contribution in [3.63, 3.8) is 0 Å². The molecule has 2 aliphatic rings. The molecule has 1 saturated heterocycles. The molecule has 1 aromatic heterocycles. The first kappa shape index (κ1) is 28.4. The first-order valence-electron chi connectivity index (χ1n) is 12.4. The number of alkyl halides is 3. The molecule has 1 aliphatic heterocycles. The predicted octanol–water partition coefficient (Wildman–Crippen LogP) is 4.22. The lowest BCUT2D eigenvalue weighted by Gasteiger charge is -2.37. The Morgan fingerprint density at radius 1 is 1.18 bits per heavy atom. The quantitative estimate of drug-likeness (QED) is 0.222. The molecule has 208 valence electrons. The Bertz CT molecular complexity index is 1220. The maximum absolute atomic E-state index is 13.3. The summed E-state index contributed by atoms with van der Waals surface area (Å²) < 4.78 is 45.7. The number of nitrogens with zero attached hydrogens (tertiary/aromatic N) is 5. The van der Waals surface area contributed by atoms with Crippen molar-refractivity contribution in [2.75, 3.05) is 36.4 Å². The fourth-order valence-corrected chi connectivity index (χ4v) is 5.12. The van der Waals surface area contributed by atoms with E-state index in [1.807, 2.05) is 11.0 Å². The van der Waals surface area contributed by atoms with Crippen molar-refractivity contribution in [1.29, 1.82) is 5.26 Å². The second-order valence-corrected chi connectivity index (χ2v) is 9.89. The molecule has 14 heteroatoms. The van der Waals surface area contributed by atoms with Gasteiger partial charge in [-0.2, -0.15) is 18.4 Å². The van der Waals surface area contributed by atoms with Crippen LogP contribution in [-0.4, -0.2) is 64.5 Å². The van der Waals surface area contributed by atoms with Crippen LogP contribution in [0.25, 0.3) is 0 Å². The van der Waals surface area contributed by atoms with E-state index in [2.05, 4.69) is 22.9 Å². The summed E-state index contributed by atoms with van der Waals surface area (Å²) >= 11 is 4.38. The SMILES string of the molecule is N#Cc1ccc(N2CCN(C(=O)C(S)OC3CCC(Nc4ccc([N+](=O)[O-])c(C(F)(F)F)c4)CC3)CC2)nc1. The summed E-state index contributed by atoms with van der Waals surface area (Å²) in [5, 5.41) is 22.9. The molecule has 1 saturated carbocycles. The van der Waals surface area contributed by atoms with Crippen LogP contribution in [0.3, 0.4) is 0 Å². The van der Waals surface area contributed by atoms with Crippen molar-refractivity contribution in [2.24, 2.45) is 0 Å². The van der Waals surface area contributed by atoms with E-state index in [0.717, 1.165) is 18.0 Å². The number of hydrogen-bond acceptors (Lipinski definition) is 9. The molecular formula is C25H27F3N6O4S. The number of halogens is 3. The molecule has 1 aliphatic carbocycles. The molecule has 39 heavy (non-hydrogen) atoms. The fourth-order valence-electron chi connectivity index (χ4n) is 4.78. The topological polar surface area (TPSA) is 125 Å². The van der Waals surface area contributed by atoms with Crippen molar-refractivity contribution in [2.45, 2.75) is 49.4 Å². The summed E-state index contributed by atoms with van der Waals surface area (Å²) in [5.41, 5.74) is -2.56. The number of amides is 1. The number of carbonyl (C=O) groups excluding carboxylic acids is 1. The van der Waals surface area contributed by atoms with Crippen LogP contribution < -0.4 is 10.2 Å². The van der Waals surface area contributed by atoms with Crippen molar-refractivity contribution in [3.8, 4) is 6.07 Å². The molecule has 2 heterocycles. The maximum atomic E-state index is 13.3. The lowest BCUT2D eigenvalue weighted by Crippen LogP contribution is -2.51. The van der Waals surface area contributed by atoms with Gasteiger partial charge in [0.2, 0.25) is 0 Å². The molecule has 1 N–H and O–H groups in total. The number of ether oxygens (including phenoxy) is 1. The zero-order chi connectivity index (χ0) is 28.2. The van der Waals surface area contributed by atoms with Gasteiger partial charge in [0.1, 0.15) is 17.5 Å². The Kier molecular flexibility index (Phi) is 8.81. The number of pyridine rings is 1. The number of benzene rings is 1. The molecule has 2 fully saturated rings. The first-order valence-corrected chi connectivity index (χ1v) is 12.9. The Hall–Kier alpha value is -3.57. The molecule has 2 aromatic rings. The minimum atomic E-state index is -4.84. The molecule has 10 nitrogen and oxygen atoms in total. The van der Waals surface area contributed by atoms with E-state index in [0.29, 0.717) is 57.4 Å². The molecule has 1 atom stereocenters. The Labute approximate surface area is 228 Å². The van der Waals surface area contributed by atoms with Gasteiger partial charge in [-0.3, -0.25) is 14.9 Å². The van der Waals surface area contributed by atoms with Crippen LogP contribution in [0.4, 0.5) is 30.4 Å². The second-order valence-electron chi connectivity index (χ2n) is 9.42. The molecule has 0 radical (unpaired) electrons. The third-order valence-corrected chi connectivity index (χ3v) is 7.21. The maximum Gasteiger partial charge on any atom is 0.423 e. The van der Waals surface area contributed by atoms with Crippen LogP contribution >= 0.6 is 12.6 Å². The fraction of sp³-hybridized carbons (Fsp3) is 0.480. The highest BCUT2D eigenvalue weighted by molar-refractivity contribution is 7.81. The minimum absolute atomic E-state index is 0.134. The van der Waals surface area contributed by atoms with Crippen LogP contribution in [0.15, 0.2) is 36.5 Å². The lowest BCUT2D eigenvalue weighted by atomic mass is 9.92. The van der Waals surface area contributed by atoms with E-state index in [1.54, 1.807) is 17.0 Å². The number of piperazine rings is 1. The number of nitrogens with one attached hydrogen (secondary N) is 1. The summed E-state index contributed by atoms with van der Waals surface area (Å²) in [7, 11) is 0. The largest absolute Gasteiger partial charge is 0.423 e. The smallest absolute Gasteiger partial charge is 0.382 e. The van der Waals surface area contributed by atoms with Gasteiger partial charge in [0.05, 0.1) is 16.6 Å². The number of nitriles is 1. The Morgan fingerprint density at radius 3 is 2.44 bits per heavy atom. The third kappa shape index (κ3) is 7.10. The average Bonchev–Trinajstić information content (AvgIpc) is 2.93. The van der Waals surface area contributed by atoms with Crippen molar-refractivity contribution in [3.05, 3.63) is 57.8 Å². The number of rotatable bonds is 7. The van der Waals surface area contributed by atoms with E-state index >= 15 is 0 Å². The van der Waals surface area contributed by atoms with Gasteiger partial charge in [0, 0.05) is 50.2 Å². The first-order chi connectivity index (χ1) is 18.5. The van der Waals surface area contributed by atoms with Crippen LogP contribution in [0.2, 0.25) is 0 Å². The van der Waals surface area contributed by atoms with Crippen molar-refractivity contribution >= 4 is 35.7 Å². The summed E-state index contributed by atoms with van der Waals surface area (Å²) in [6.45, 7) is 2.13. The summed E-state index contributed by atoms with van der Waals surface area (Å²) in [6, 6.07) is 8.28. The van der Waals surface area contributed by atoms with Crippen LogP contribution in [-0.2, 0) is 15.7 Å². The second kappa shape index (κ2) is 12.1. The van der Waals surface area contributed by atoms with E-state index in [9.17, 15) is 28.1 Å². The predicted molar refractivity (Wildman–Crippen MR) is 139 cm³/mol. The molecule has 0 bridgehead atoms. The Morgan fingerprint density at radius 2 is 1.87 bits per heavy atom. The van der Waals surface area contributed by atoms with Gasteiger partial charge in [-0.25, -0.2) is 4.98 Å². The van der Waals surface area contributed by atoms with Gasteiger partial charge in [0.25, 0.3) is 11.6 Å². The van der Waals surface area contributed by atoms with Gasteiger partial charge in [-0.15, -0.1) is 12.6 Å². The normalized spacial score (nSPS) is 20.7. The zero-order valence-electron chi connectivity index (χ0n) is 20.8. The summed E-state index contributed by atoms with van der Waals surface area (Å²) in [4.78, 5) is 30.8. The Balaban J connectivity index is 1.23. The van der Waals surface area contributed by atoms with E-state index in [4.69, 9.17) is 10.00 Å². The summed E-state index contributed by atoms with van der Waals surface area (Å²) in [6.07, 6.45) is -1.20. The number of hydrogen-bond donors (Lipinski definition) is 2. The summed E-state index contributed by atoms with van der Waals surface area (Å²) in [5.74, 6) is 0.519. The van der Waals surface area contributed by atoms with Gasteiger partial charge >= 0.3 is 6.18 Å². The highest BCUT2D eigenvalue weighted by atomic mass is 32.1. The molecule has 4 rings (SSSR count). The molecule has 0 spiro atoms. The van der Waals surface area contributed by atoms with E-state index < -0.39 is 27.8 Å². The average molecular weight is 565 g/mol. The molecule has 1 aromatic carbocycles. The van der Waals surface area contributed by atoms with E-state index in [-0.39, 0.29) is 23.7 Å². The van der Waals surface area contributed by atoms with Crippen LogP contribution in [0, 0.1) is 21.4 Å². The third-order valence-electron chi connectivity index (χ3n) is 6.87. The van der Waals surface area contributed by atoms with Gasteiger partial charge in [-0.1, -0.05) is 0 Å². The van der Waals surface area contributed by atoms with Crippen molar-refractivity contribution < 1.29 is 27.6 Å². The standard InChI is InChI=1S/C25H27F3N6O4S/c26-25(27,28)20-13-18(4-7-21(20)34(36)37)31-17-2-5-19(6-3-17)38-24(39)23(35)33-11-9-32(10-12-33)22-8-1-16(14-29)15-30-22/h1,4,7-8,13,15,17,19,24,31,39H,2-3,5-6,9-12H2. The number of nitro benzene ring substituents is 1. The van der Waals surface area contributed by atoms with Crippen LogP contribution in [0.1, 0.15) is 36.8 Å². The van der Waals surface area contributed by atoms with Crippen molar-refractivity contribution in [1.82, 2.24) is 9.88 Å². The van der Waals surface area contributed by atoms with E-state index in [1.165, 1.54) is 12.3 Å². The molecule has 1 unspecified atom stereocenters. The number of nitro groups is 1. The number of anilines is 2. The molecular weight excluding hydrogens is 537 g/mol. The van der Waals surface area contributed by atoms with Gasteiger partial charge in [0.15, 0.2) is 5.44 Å². The number of thiol groups is 1. The van der Waals surface area contributed by atoms with Crippen LogP contribution in [0.5, 0.6) is 0 Å². The highest BCUT2D eigenvalue weighted by Crippen LogP contribution is 2.38. The monoisotopic (exact) mass is 564 g/mol. The highest BCUT2D eigenvalue weighted by Gasteiger charge is 2.38. The zero-order valence-corrected chi connectivity index (χ0v) is 21.7. The molecule has 1 amide bonds. The number of aromatic nitrogens is 1. The number of carbonyl (C=O) groups is 1. The van der Waals surface area contributed by atoms with Gasteiger partial charge in [-0.05, 0) is 49.9 Å². The van der Waals surface area contributed by atoms with Gasteiger partial charge < -0.3 is 19.9 Å².